The van der Waals surface area contributed by atoms with Crippen molar-refractivity contribution in [2.24, 2.45) is 0 Å². The van der Waals surface area contributed by atoms with Crippen molar-refractivity contribution in [1.29, 1.82) is 0 Å². The molecular weight excluding hydrogens is 278 g/mol. The van der Waals surface area contributed by atoms with Crippen molar-refractivity contribution in [3.8, 4) is 0 Å². The highest BCUT2D eigenvalue weighted by Crippen LogP contribution is 2.23. The fourth-order valence-corrected chi connectivity index (χ4v) is 2.14. The summed E-state index contributed by atoms with van der Waals surface area (Å²) >= 11 is 3.52. The molecule has 0 heterocycles. The summed E-state index contributed by atoms with van der Waals surface area (Å²) < 4.78 is 1.13. The Kier molecular flexibility index (Phi) is 5.95. The average molecular weight is 300 g/mol. The van der Waals surface area contributed by atoms with E-state index >= 15 is 0 Å². The van der Waals surface area contributed by atoms with Crippen LogP contribution in [0.2, 0.25) is 0 Å². The smallest absolute Gasteiger partial charge is 0.0410 e. The van der Waals surface area contributed by atoms with E-state index < -0.39 is 0 Å². The molecule has 0 bridgehead atoms. The van der Waals surface area contributed by atoms with E-state index in [2.05, 4.69) is 70.4 Å². The van der Waals surface area contributed by atoms with Crippen LogP contribution in [0.4, 0.5) is 5.69 Å². The van der Waals surface area contributed by atoms with Crippen LogP contribution in [-0.4, -0.2) is 46.2 Å². The SMILES string of the molecule is CNCc1cc(Br)ccc1N(C)CCN(C)C. The third-order valence-electron chi connectivity index (χ3n) is 2.70. The van der Waals surface area contributed by atoms with Crippen molar-refractivity contribution in [1.82, 2.24) is 10.2 Å². The molecule has 0 unspecified atom stereocenters. The van der Waals surface area contributed by atoms with E-state index in [-0.39, 0.29) is 0 Å². The van der Waals surface area contributed by atoms with E-state index in [9.17, 15) is 0 Å². The second-order valence-corrected chi connectivity index (χ2v) is 5.44. The number of halogens is 1. The van der Waals surface area contributed by atoms with Crippen LogP contribution in [0.1, 0.15) is 5.56 Å². The van der Waals surface area contributed by atoms with Gasteiger partial charge in [0.05, 0.1) is 0 Å². The minimum Gasteiger partial charge on any atom is -0.373 e. The molecule has 0 saturated carbocycles. The molecule has 0 aromatic heterocycles. The monoisotopic (exact) mass is 299 g/mol. The number of anilines is 1. The minimum absolute atomic E-state index is 0.890. The molecule has 96 valence electrons. The standard InChI is InChI=1S/C13H22BrN3/c1-15-10-11-9-12(14)5-6-13(11)17(4)8-7-16(2)3/h5-6,9,15H,7-8,10H2,1-4H3. The number of rotatable bonds is 6. The molecule has 0 amide bonds. The van der Waals surface area contributed by atoms with E-state index in [0.717, 1.165) is 24.1 Å². The van der Waals surface area contributed by atoms with Crippen LogP contribution < -0.4 is 10.2 Å². The van der Waals surface area contributed by atoms with Crippen molar-refractivity contribution in [3.63, 3.8) is 0 Å². The predicted molar refractivity (Wildman–Crippen MR) is 78.7 cm³/mol. The Morgan fingerprint density at radius 3 is 2.47 bits per heavy atom. The number of nitrogens with one attached hydrogen (secondary N) is 1. The quantitative estimate of drug-likeness (QED) is 0.868. The van der Waals surface area contributed by atoms with Gasteiger partial charge in [-0.15, -0.1) is 0 Å². The second kappa shape index (κ2) is 6.99. The van der Waals surface area contributed by atoms with Gasteiger partial charge in [0.25, 0.3) is 0 Å². The minimum atomic E-state index is 0.890. The van der Waals surface area contributed by atoms with Gasteiger partial charge < -0.3 is 15.1 Å². The summed E-state index contributed by atoms with van der Waals surface area (Å²) in [7, 11) is 8.32. The molecule has 0 fully saturated rings. The van der Waals surface area contributed by atoms with Crippen molar-refractivity contribution < 1.29 is 0 Å². The number of nitrogens with zero attached hydrogens (tertiary/aromatic N) is 2. The molecule has 0 aliphatic carbocycles. The molecule has 1 aromatic rings. The number of likely N-dealkylation sites (N-methyl/N-ethyl adjacent to an activating group) is 2. The Morgan fingerprint density at radius 1 is 1.18 bits per heavy atom. The highest BCUT2D eigenvalue weighted by molar-refractivity contribution is 9.10. The van der Waals surface area contributed by atoms with Gasteiger partial charge in [0, 0.05) is 36.8 Å². The molecule has 0 radical (unpaired) electrons. The molecule has 1 rings (SSSR count). The van der Waals surface area contributed by atoms with Gasteiger partial charge in [0.15, 0.2) is 0 Å². The highest BCUT2D eigenvalue weighted by atomic mass is 79.9. The van der Waals surface area contributed by atoms with Gasteiger partial charge in [-0.25, -0.2) is 0 Å². The van der Waals surface area contributed by atoms with Crippen LogP contribution in [0.25, 0.3) is 0 Å². The molecule has 0 saturated heterocycles. The Bertz CT molecular complexity index is 353. The average Bonchev–Trinajstić information content (AvgIpc) is 2.26. The third-order valence-corrected chi connectivity index (χ3v) is 3.20. The lowest BCUT2D eigenvalue weighted by Gasteiger charge is -2.24. The Labute approximate surface area is 113 Å². The fraction of sp³-hybridized carbons (Fsp3) is 0.538. The molecule has 0 aliphatic rings. The molecule has 17 heavy (non-hydrogen) atoms. The first-order valence-electron chi connectivity index (χ1n) is 5.83. The van der Waals surface area contributed by atoms with Crippen LogP contribution in [-0.2, 0) is 6.54 Å². The van der Waals surface area contributed by atoms with Crippen molar-refractivity contribution in [2.45, 2.75) is 6.54 Å². The fourth-order valence-electron chi connectivity index (χ4n) is 1.73. The Balaban J connectivity index is 2.80. The summed E-state index contributed by atoms with van der Waals surface area (Å²) in [6.45, 7) is 2.98. The van der Waals surface area contributed by atoms with Crippen LogP contribution in [0.5, 0.6) is 0 Å². The maximum atomic E-state index is 3.52. The first-order chi connectivity index (χ1) is 8.04. The predicted octanol–water partition coefficient (Wildman–Crippen LogP) is 2.17. The van der Waals surface area contributed by atoms with Gasteiger partial charge >= 0.3 is 0 Å². The lowest BCUT2D eigenvalue weighted by molar-refractivity contribution is 0.416. The zero-order valence-corrected chi connectivity index (χ0v) is 12.7. The molecular formula is C13H22BrN3. The number of benzene rings is 1. The van der Waals surface area contributed by atoms with Crippen molar-refractivity contribution in [2.75, 3.05) is 46.2 Å². The van der Waals surface area contributed by atoms with Gasteiger partial charge in [-0.1, -0.05) is 15.9 Å². The van der Waals surface area contributed by atoms with Gasteiger partial charge in [-0.3, -0.25) is 0 Å². The summed E-state index contributed by atoms with van der Waals surface area (Å²) in [6.07, 6.45) is 0. The van der Waals surface area contributed by atoms with Gasteiger partial charge in [-0.05, 0) is 44.9 Å². The zero-order valence-electron chi connectivity index (χ0n) is 11.1. The molecule has 1 N–H and O–H groups in total. The van der Waals surface area contributed by atoms with Crippen molar-refractivity contribution >= 4 is 21.6 Å². The van der Waals surface area contributed by atoms with Crippen LogP contribution in [0.15, 0.2) is 22.7 Å². The summed E-state index contributed by atoms with van der Waals surface area (Å²) in [4.78, 5) is 4.51. The molecule has 0 spiro atoms. The molecule has 1 aromatic carbocycles. The van der Waals surface area contributed by atoms with E-state index in [1.165, 1.54) is 11.3 Å². The van der Waals surface area contributed by atoms with E-state index in [1.54, 1.807) is 0 Å². The summed E-state index contributed by atoms with van der Waals surface area (Å²) in [6, 6.07) is 6.45. The first kappa shape index (κ1) is 14.5. The van der Waals surface area contributed by atoms with Crippen LogP contribution in [0, 0.1) is 0 Å². The van der Waals surface area contributed by atoms with Gasteiger partial charge in [0.1, 0.15) is 0 Å². The molecule has 0 aliphatic heterocycles. The largest absolute Gasteiger partial charge is 0.373 e. The topological polar surface area (TPSA) is 18.5 Å². The zero-order chi connectivity index (χ0) is 12.8. The van der Waals surface area contributed by atoms with E-state index in [4.69, 9.17) is 0 Å². The van der Waals surface area contributed by atoms with E-state index in [1.807, 2.05) is 7.05 Å². The summed E-state index contributed by atoms with van der Waals surface area (Å²) in [5.41, 5.74) is 2.62. The van der Waals surface area contributed by atoms with Gasteiger partial charge in [0.2, 0.25) is 0 Å². The lowest BCUT2D eigenvalue weighted by Crippen LogP contribution is -2.29. The molecule has 0 atom stereocenters. The van der Waals surface area contributed by atoms with Crippen LogP contribution >= 0.6 is 15.9 Å². The third kappa shape index (κ3) is 4.66. The Morgan fingerprint density at radius 2 is 1.88 bits per heavy atom. The second-order valence-electron chi connectivity index (χ2n) is 4.53. The number of hydrogen-bond acceptors (Lipinski definition) is 3. The number of hydrogen-bond donors (Lipinski definition) is 1. The van der Waals surface area contributed by atoms with E-state index in [0.29, 0.717) is 0 Å². The summed E-state index contributed by atoms with van der Waals surface area (Å²) in [5.74, 6) is 0. The van der Waals surface area contributed by atoms with Crippen LogP contribution in [0.3, 0.4) is 0 Å². The first-order valence-corrected chi connectivity index (χ1v) is 6.62. The normalized spacial score (nSPS) is 10.9. The Hall–Kier alpha value is -0.580. The van der Waals surface area contributed by atoms with Crippen molar-refractivity contribution in [3.05, 3.63) is 28.2 Å². The summed E-state index contributed by atoms with van der Waals surface area (Å²) in [5, 5.41) is 3.21. The van der Waals surface area contributed by atoms with Gasteiger partial charge in [-0.2, -0.15) is 0 Å². The lowest BCUT2D eigenvalue weighted by atomic mass is 10.1. The highest BCUT2D eigenvalue weighted by Gasteiger charge is 2.07. The molecule has 3 nitrogen and oxygen atoms in total. The maximum Gasteiger partial charge on any atom is 0.0410 e. The molecule has 4 heteroatoms. The maximum absolute atomic E-state index is 3.52.